The van der Waals surface area contributed by atoms with E-state index in [1.165, 1.54) is 6.21 Å². The van der Waals surface area contributed by atoms with Crippen LogP contribution < -0.4 is 5.43 Å². The molecule has 1 amide bonds. The first-order valence-electron chi connectivity index (χ1n) is 4.80. The van der Waals surface area contributed by atoms with Crippen LogP contribution in [-0.2, 0) is 0 Å². The molecule has 2 rings (SSSR count). The Balaban J connectivity index is 1.98. The first-order valence-corrected chi connectivity index (χ1v) is 4.80. The second-order valence-corrected chi connectivity index (χ2v) is 3.18. The summed E-state index contributed by atoms with van der Waals surface area (Å²) in [5.74, 6) is -0.464. The van der Waals surface area contributed by atoms with Crippen molar-refractivity contribution < 1.29 is 9.42 Å². The normalized spacial score (nSPS) is 10.6. The van der Waals surface area contributed by atoms with Crippen molar-refractivity contribution in [3.05, 3.63) is 41.5 Å². The van der Waals surface area contributed by atoms with Crippen molar-refractivity contribution in [2.45, 2.75) is 6.92 Å². The number of nitrogens with zero attached hydrogens (tertiary/aromatic N) is 4. The fourth-order valence-electron chi connectivity index (χ4n) is 1.11. The molecule has 7 heteroatoms. The van der Waals surface area contributed by atoms with Gasteiger partial charge in [-0.1, -0.05) is 5.16 Å². The van der Waals surface area contributed by atoms with Gasteiger partial charge in [-0.05, 0) is 29.8 Å². The quantitative estimate of drug-likeness (QED) is 0.614. The molecule has 0 atom stereocenters. The third-order valence-electron chi connectivity index (χ3n) is 1.95. The summed E-state index contributed by atoms with van der Waals surface area (Å²) in [6.45, 7) is 1.62. The number of hydrogen-bond donors (Lipinski definition) is 1. The molecule has 2 aromatic rings. The second kappa shape index (κ2) is 4.97. The van der Waals surface area contributed by atoms with Crippen LogP contribution in [0.2, 0.25) is 0 Å². The maximum absolute atomic E-state index is 11.5. The molecule has 2 heterocycles. The van der Waals surface area contributed by atoms with E-state index in [0.29, 0.717) is 5.69 Å². The van der Waals surface area contributed by atoms with Crippen LogP contribution in [0.25, 0.3) is 0 Å². The highest BCUT2D eigenvalue weighted by Crippen LogP contribution is 1.99. The summed E-state index contributed by atoms with van der Waals surface area (Å²) < 4.78 is 4.41. The predicted octanol–water partition coefficient (Wildman–Crippen LogP) is 0.537. The molecule has 0 spiro atoms. The smallest absolute Gasteiger partial charge is 0.265 e. The highest BCUT2D eigenvalue weighted by atomic mass is 16.6. The van der Waals surface area contributed by atoms with Crippen molar-refractivity contribution in [3.8, 4) is 0 Å². The van der Waals surface area contributed by atoms with E-state index in [2.05, 4.69) is 30.5 Å². The molecule has 0 fully saturated rings. The largest absolute Gasteiger partial charge is 0.295 e. The van der Waals surface area contributed by atoms with E-state index in [1.54, 1.807) is 31.5 Å². The zero-order valence-electron chi connectivity index (χ0n) is 8.99. The number of amides is 1. The maximum Gasteiger partial charge on any atom is 0.295 e. The number of rotatable bonds is 3. The van der Waals surface area contributed by atoms with Crippen molar-refractivity contribution in [2.75, 3.05) is 0 Å². The zero-order chi connectivity index (χ0) is 12.1. The van der Waals surface area contributed by atoms with Gasteiger partial charge >= 0.3 is 0 Å². The maximum atomic E-state index is 11.5. The van der Waals surface area contributed by atoms with E-state index in [9.17, 15) is 4.79 Å². The Hall–Kier alpha value is -2.57. The third kappa shape index (κ3) is 2.71. The molecule has 0 saturated carbocycles. The monoisotopic (exact) mass is 231 g/mol. The number of aromatic nitrogens is 3. The molecule has 2 aromatic heterocycles. The van der Waals surface area contributed by atoms with Gasteiger partial charge in [0, 0.05) is 12.4 Å². The predicted molar refractivity (Wildman–Crippen MR) is 58.3 cm³/mol. The molecule has 0 aromatic carbocycles. The average Bonchev–Trinajstić information content (AvgIpc) is 2.77. The molecule has 17 heavy (non-hydrogen) atoms. The molecular formula is C10H9N5O2. The number of pyridine rings is 1. The summed E-state index contributed by atoms with van der Waals surface area (Å²) in [4.78, 5) is 15.4. The van der Waals surface area contributed by atoms with Crippen LogP contribution in [-0.4, -0.2) is 27.4 Å². The molecule has 0 aliphatic heterocycles. The van der Waals surface area contributed by atoms with Gasteiger partial charge in [-0.25, -0.2) is 10.1 Å². The van der Waals surface area contributed by atoms with E-state index in [-0.39, 0.29) is 5.69 Å². The summed E-state index contributed by atoms with van der Waals surface area (Å²) in [6.07, 6.45) is 4.77. The molecule has 0 bridgehead atoms. The van der Waals surface area contributed by atoms with Gasteiger partial charge in [-0.2, -0.15) is 5.10 Å². The molecule has 0 radical (unpaired) electrons. The van der Waals surface area contributed by atoms with Gasteiger partial charge in [0.25, 0.3) is 5.91 Å². The van der Waals surface area contributed by atoms with Gasteiger partial charge in [-0.3, -0.25) is 9.78 Å². The van der Waals surface area contributed by atoms with Gasteiger partial charge in [0.2, 0.25) is 0 Å². The van der Waals surface area contributed by atoms with Crippen LogP contribution >= 0.6 is 0 Å². The number of aryl methyl sites for hydroxylation is 1. The van der Waals surface area contributed by atoms with E-state index >= 15 is 0 Å². The summed E-state index contributed by atoms with van der Waals surface area (Å²) in [6, 6.07) is 3.52. The Kier molecular flexibility index (Phi) is 3.20. The van der Waals surface area contributed by atoms with Crippen molar-refractivity contribution in [1.29, 1.82) is 0 Å². The molecule has 1 N–H and O–H groups in total. The van der Waals surface area contributed by atoms with E-state index in [0.717, 1.165) is 5.56 Å². The van der Waals surface area contributed by atoms with Gasteiger partial charge in [0.05, 0.1) is 6.21 Å². The van der Waals surface area contributed by atoms with Crippen molar-refractivity contribution in [3.63, 3.8) is 0 Å². The van der Waals surface area contributed by atoms with Crippen molar-refractivity contribution in [2.24, 2.45) is 5.10 Å². The number of carbonyl (C=O) groups excluding carboxylic acids is 1. The fourth-order valence-corrected chi connectivity index (χ4v) is 1.11. The van der Waals surface area contributed by atoms with E-state index in [4.69, 9.17) is 0 Å². The summed E-state index contributed by atoms with van der Waals surface area (Å²) in [5, 5.41) is 10.7. The van der Waals surface area contributed by atoms with Gasteiger partial charge in [0.1, 0.15) is 5.69 Å². The minimum Gasteiger partial charge on any atom is -0.265 e. The Labute approximate surface area is 96.5 Å². The lowest BCUT2D eigenvalue weighted by atomic mass is 10.3. The van der Waals surface area contributed by atoms with Crippen LogP contribution in [0.15, 0.2) is 34.3 Å². The average molecular weight is 231 g/mol. The van der Waals surface area contributed by atoms with E-state index in [1.807, 2.05) is 0 Å². The SMILES string of the molecule is Cc1nonc1C(=O)NN=Cc1ccncc1. The minimum absolute atomic E-state index is 0.122. The number of hydrogen-bond acceptors (Lipinski definition) is 6. The minimum atomic E-state index is -0.464. The molecular weight excluding hydrogens is 222 g/mol. The Morgan fingerprint density at radius 2 is 2.18 bits per heavy atom. The Bertz CT molecular complexity index is 535. The van der Waals surface area contributed by atoms with Crippen LogP contribution in [0.5, 0.6) is 0 Å². The summed E-state index contributed by atoms with van der Waals surface area (Å²) in [5.41, 5.74) is 3.69. The van der Waals surface area contributed by atoms with Crippen molar-refractivity contribution in [1.82, 2.24) is 20.7 Å². The van der Waals surface area contributed by atoms with Crippen LogP contribution in [0.3, 0.4) is 0 Å². The van der Waals surface area contributed by atoms with Crippen LogP contribution in [0.4, 0.5) is 0 Å². The Morgan fingerprint density at radius 3 is 2.82 bits per heavy atom. The lowest BCUT2D eigenvalue weighted by Gasteiger charge is -1.94. The molecule has 0 saturated heterocycles. The first-order chi connectivity index (χ1) is 8.27. The highest BCUT2D eigenvalue weighted by molar-refractivity contribution is 5.93. The van der Waals surface area contributed by atoms with Crippen LogP contribution in [0, 0.1) is 6.92 Å². The molecule has 0 aliphatic rings. The third-order valence-corrected chi connectivity index (χ3v) is 1.95. The molecule has 0 unspecified atom stereocenters. The number of hydrazone groups is 1. The van der Waals surface area contributed by atoms with Gasteiger partial charge in [0.15, 0.2) is 5.69 Å². The fraction of sp³-hybridized carbons (Fsp3) is 0.100. The summed E-state index contributed by atoms with van der Waals surface area (Å²) >= 11 is 0. The molecule has 7 nitrogen and oxygen atoms in total. The molecule has 0 aliphatic carbocycles. The van der Waals surface area contributed by atoms with Gasteiger partial charge in [-0.15, -0.1) is 0 Å². The standard InChI is InChI=1S/C10H9N5O2/c1-7-9(15-17-14-7)10(16)13-12-6-8-2-4-11-5-3-8/h2-6H,1H3,(H,13,16). The van der Waals surface area contributed by atoms with E-state index < -0.39 is 5.91 Å². The van der Waals surface area contributed by atoms with Crippen molar-refractivity contribution >= 4 is 12.1 Å². The van der Waals surface area contributed by atoms with Crippen LogP contribution in [0.1, 0.15) is 21.7 Å². The van der Waals surface area contributed by atoms with Gasteiger partial charge < -0.3 is 0 Å². The first kappa shape index (κ1) is 10.9. The molecule has 86 valence electrons. The topological polar surface area (TPSA) is 93.3 Å². The Morgan fingerprint density at radius 1 is 1.41 bits per heavy atom. The lowest BCUT2D eigenvalue weighted by molar-refractivity contribution is 0.0945. The summed E-state index contributed by atoms with van der Waals surface area (Å²) in [7, 11) is 0. The highest BCUT2D eigenvalue weighted by Gasteiger charge is 2.13. The zero-order valence-corrected chi connectivity index (χ0v) is 8.99. The number of carbonyl (C=O) groups is 1. The second-order valence-electron chi connectivity index (χ2n) is 3.18. The number of nitrogens with one attached hydrogen (secondary N) is 1. The lowest BCUT2D eigenvalue weighted by Crippen LogP contribution is -2.19.